The first kappa shape index (κ1) is 37.1. The van der Waals surface area contributed by atoms with E-state index >= 15 is 0 Å². The van der Waals surface area contributed by atoms with Gasteiger partial charge in [-0.15, -0.1) is 0 Å². The second-order valence-electron chi connectivity index (χ2n) is 8.49. The average Bonchev–Trinajstić information content (AvgIpc) is 2.90. The quantitative estimate of drug-likeness (QED) is 0.0718. The van der Waals surface area contributed by atoms with Crippen molar-refractivity contribution >= 4 is 27.9 Å². The number of carbonyl (C=O) groups is 2. The molecule has 0 aromatic rings. The molecule has 0 amide bonds. The van der Waals surface area contributed by atoms with Crippen LogP contribution in [0.25, 0.3) is 0 Å². The molecule has 0 rings (SSSR count). The summed E-state index contributed by atoms with van der Waals surface area (Å²) < 4.78 is 52.5. The molecule has 0 heterocycles. The summed E-state index contributed by atoms with van der Waals surface area (Å²) in [7, 11) is 2.95. The maximum Gasteiger partial charge on any atom is 0.319 e. The second kappa shape index (κ2) is 26.3. The summed E-state index contributed by atoms with van der Waals surface area (Å²) in [4.78, 5) is 23.1. The van der Waals surface area contributed by atoms with Crippen LogP contribution in [-0.4, -0.2) is 137 Å². The van der Waals surface area contributed by atoms with Gasteiger partial charge in [-0.2, -0.15) is 0 Å². The largest absolute Gasteiger partial charge is 0.469 e. The van der Waals surface area contributed by atoms with E-state index in [9.17, 15) is 9.59 Å². The third-order valence-electron chi connectivity index (χ3n) is 4.82. The van der Waals surface area contributed by atoms with Gasteiger partial charge in [0.1, 0.15) is 11.4 Å². The molecular formula is C25H47BrO12. The van der Waals surface area contributed by atoms with Gasteiger partial charge in [-0.3, -0.25) is 9.59 Å². The monoisotopic (exact) mass is 618 g/mol. The molecule has 0 saturated carbocycles. The minimum absolute atomic E-state index is 0.118. The van der Waals surface area contributed by atoms with Crippen LogP contribution in [-0.2, 0) is 57.0 Å². The van der Waals surface area contributed by atoms with E-state index in [1.807, 2.05) is 0 Å². The third kappa shape index (κ3) is 23.0. The van der Waals surface area contributed by atoms with Gasteiger partial charge in [0, 0.05) is 7.11 Å². The van der Waals surface area contributed by atoms with Crippen LogP contribution < -0.4 is 0 Å². The zero-order valence-corrected chi connectivity index (χ0v) is 25.0. The Morgan fingerprint density at radius 1 is 0.579 bits per heavy atom. The second-order valence-corrected chi connectivity index (χ2v) is 9.60. The molecule has 0 aromatic heterocycles. The van der Waals surface area contributed by atoms with E-state index in [2.05, 4.69) is 15.9 Å². The maximum absolute atomic E-state index is 12.0. The Morgan fingerprint density at radius 2 is 0.895 bits per heavy atom. The van der Waals surface area contributed by atoms with Crippen LogP contribution >= 0.6 is 15.9 Å². The minimum atomic E-state index is -0.793. The molecule has 0 aromatic carbocycles. The molecule has 0 bridgehead atoms. The molecule has 0 aliphatic carbocycles. The van der Waals surface area contributed by atoms with E-state index in [-0.39, 0.29) is 25.6 Å². The van der Waals surface area contributed by atoms with Gasteiger partial charge in [0.15, 0.2) is 0 Å². The number of methoxy groups -OCH3 is 2. The lowest BCUT2D eigenvalue weighted by atomic mass is 9.88. The fourth-order valence-corrected chi connectivity index (χ4v) is 3.69. The number of alkyl halides is 1. The van der Waals surface area contributed by atoms with Crippen LogP contribution in [0.4, 0.5) is 0 Å². The first-order valence-electron chi connectivity index (χ1n) is 12.8. The lowest BCUT2D eigenvalue weighted by molar-refractivity contribution is -0.152. The Hall–Kier alpha value is -0.900. The molecule has 0 fully saturated rings. The first-order valence-corrected chi connectivity index (χ1v) is 13.7. The normalized spacial score (nSPS) is 12.4. The highest BCUT2D eigenvalue weighted by atomic mass is 79.9. The Balaban J connectivity index is 3.31. The molecule has 0 spiro atoms. The van der Waals surface area contributed by atoms with E-state index in [1.165, 1.54) is 7.11 Å². The molecule has 13 heteroatoms. The van der Waals surface area contributed by atoms with Gasteiger partial charge in [0.2, 0.25) is 0 Å². The summed E-state index contributed by atoms with van der Waals surface area (Å²) in [6.07, 6.45) is 0.263. The number of halogens is 1. The van der Waals surface area contributed by atoms with Gasteiger partial charge in [-0.05, 0) is 20.3 Å². The van der Waals surface area contributed by atoms with E-state index in [4.69, 9.17) is 47.4 Å². The molecule has 1 unspecified atom stereocenters. The van der Waals surface area contributed by atoms with Crippen LogP contribution in [0.1, 0.15) is 20.3 Å². The number of hydrogen-bond acceptors (Lipinski definition) is 12. The molecule has 0 radical (unpaired) electrons. The van der Waals surface area contributed by atoms with Gasteiger partial charge in [0.25, 0.3) is 0 Å². The molecular weight excluding hydrogens is 572 g/mol. The zero-order valence-electron chi connectivity index (χ0n) is 23.4. The van der Waals surface area contributed by atoms with Crippen LogP contribution in [0.3, 0.4) is 0 Å². The number of rotatable bonds is 28. The third-order valence-corrected chi connectivity index (χ3v) is 5.52. The molecule has 0 N–H and O–H groups in total. The molecule has 12 nitrogen and oxygen atoms in total. The summed E-state index contributed by atoms with van der Waals surface area (Å²) in [5.74, 6) is -0.829. The summed E-state index contributed by atoms with van der Waals surface area (Å²) in [6.45, 7) is 10.7. The Morgan fingerprint density at radius 3 is 1.21 bits per heavy atom. The van der Waals surface area contributed by atoms with Crippen LogP contribution in [0.15, 0.2) is 0 Å². The number of esters is 2. The van der Waals surface area contributed by atoms with Crippen molar-refractivity contribution in [2.45, 2.75) is 25.1 Å². The number of hydrogen-bond donors (Lipinski definition) is 0. The van der Waals surface area contributed by atoms with Gasteiger partial charge in [-0.1, -0.05) is 15.9 Å². The van der Waals surface area contributed by atoms with Crippen molar-refractivity contribution in [2.24, 2.45) is 5.41 Å². The Labute approximate surface area is 235 Å². The van der Waals surface area contributed by atoms with Crippen LogP contribution in [0.2, 0.25) is 0 Å². The lowest BCUT2D eigenvalue weighted by Crippen LogP contribution is -2.32. The Kier molecular flexibility index (Phi) is 25.7. The Bertz CT molecular complexity index is 564. The standard InChI is InChI=1S/C25H47BrO12/c1-25(2,24(28)30-4)21-22(26)23(27)38-20-19-37-18-17-36-16-15-35-14-13-34-12-11-33-10-9-32-8-7-31-6-5-29-3/h22H,5-21H2,1-4H3. The summed E-state index contributed by atoms with van der Waals surface area (Å²) in [5, 5.41) is 0. The molecule has 0 aliphatic heterocycles. The summed E-state index contributed by atoms with van der Waals surface area (Å²) in [6, 6.07) is 0. The zero-order chi connectivity index (χ0) is 28.3. The lowest BCUT2D eigenvalue weighted by Gasteiger charge is -2.23. The van der Waals surface area contributed by atoms with Crippen molar-refractivity contribution in [2.75, 3.05) is 120 Å². The van der Waals surface area contributed by atoms with Crippen molar-refractivity contribution < 1.29 is 57.0 Å². The van der Waals surface area contributed by atoms with Gasteiger partial charge >= 0.3 is 11.9 Å². The van der Waals surface area contributed by atoms with E-state index in [1.54, 1.807) is 21.0 Å². The topological polar surface area (TPSA) is 126 Å². The molecule has 1 atom stereocenters. The maximum atomic E-state index is 12.0. The molecule has 38 heavy (non-hydrogen) atoms. The van der Waals surface area contributed by atoms with Crippen molar-refractivity contribution in [1.29, 1.82) is 0 Å². The predicted molar refractivity (Wildman–Crippen MR) is 142 cm³/mol. The van der Waals surface area contributed by atoms with Crippen LogP contribution in [0.5, 0.6) is 0 Å². The van der Waals surface area contributed by atoms with Crippen molar-refractivity contribution in [3.63, 3.8) is 0 Å². The van der Waals surface area contributed by atoms with Crippen LogP contribution in [0, 0.1) is 5.41 Å². The number of ether oxygens (including phenoxy) is 10. The highest BCUT2D eigenvalue weighted by Crippen LogP contribution is 2.27. The SMILES string of the molecule is COCCOCCOCCOCCOCCOCCOCCOCCOC(=O)C(Br)CC(C)(C)C(=O)OC. The van der Waals surface area contributed by atoms with Crippen molar-refractivity contribution in [3.8, 4) is 0 Å². The predicted octanol–water partition coefficient (Wildman–Crippen LogP) is 1.65. The van der Waals surface area contributed by atoms with Gasteiger partial charge < -0.3 is 47.4 Å². The van der Waals surface area contributed by atoms with E-state index < -0.39 is 16.2 Å². The molecule has 0 saturated heterocycles. The summed E-state index contributed by atoms with van der Waals surface area (Å²) in [5.41, 5.74) is -0.793. The smallest absolute Gasteiger partial charge is 0.319 e. The van der Waals surface area contributed by atoms with E-state index in [0.717, 1.165) is 0 Å². The van der Waals surface area contributed by atoms with Crippen molar-refractivity contribution in [3.05, 3.63) is 0 Å². The molecule has 0 aliphatic rings. The first-order chi connectivity index (χ1) is 18.3. The molecule has 226 valence electrons. The highest BCUT2D eigenvalue weighted by molar-refractivity contribution is 9.10. The fourth-order valence-electron chi connectivity index (χ4n) is 2.75. The fraction of sp³-hybridized carbons (Fsp3) is 0.920. The minimum Gasteiger partial charge on any atom is -0.469 e. The van der Waals surface area contributed by atoms with E-state index in [0.29, 0.717) is 92.5 Å². The number of carbonyl (C=O) groups excluding carboxylic acids is 2. The van der Waals surface area contributed by atoms with Gasteiger partial charge in [0.05, 0.1) is 112 Å². The summed E-state index contributed by atoms with van der Waals surface area (Å²) >= 11 is 3.26. The van der Waals surface area contributed by atoms with Crippen molar-refractivity contribution in [1.82, 2.24) is 0 Å². The average molecular weight is 620 g/mol. The highest BCUT2D eigenvalue weighted by Gasteiger charge is 2.34. The van der Waals surface area contributed by atoms with Gasteiger partial charge in [-0.25, -0.2) is 0 Å².